The van der Waals surface area contributed by atoms with Crippen molar-refractivity contribution < 1.29 is 18.3 Å². The van der Waals surface area contributed by atoms with Crippen molar-refractivity contribution in [3.05, 3.63) is 26.9 Å². The summed E-state index contributed by atoms with van der Waals surface area (Å²) in [5, 5.41) is -0.282. The Balaban J connectivity index is 3.09. The maximum Gasteiger partial charge on any atom is 0.310 e. The molecule has 0 unspecified atom stereocenters. The molecule has 0 fully saturated rings. The lowest BCUT2D eigenvalue weighted by Gasteiger charge is -2.07. The molecule has 7 heteroatoms. The lowest BCUT2D eigenvalue weighted by molar-refractivity contribution is -0.139. The van der Waals surface area contributed by atoms with Crippen molar-refractivity contribution in [1.29, 1.82) is 0 Å². The highest BCUT2D eigenvalue weighted by atomic mass is 79.9. The van der Waals surface area contributed by atoms with Gasteiger partial charge in [0, 0.05) is 0 Å². The van der Waals surface area contributed by atoms with Crippen LogP contribution in [0.15, 0.2) is 10.7 Å². The smallest absolute Gasteiger partial charge is 0.310 e. The van der Waals surface area contributed by atoms with Crippen LogP contribution in [0.25, 0.3) is 0 Å². The van der Waals surface area contributed by atoms with Crippen LogP contribution in [0.3, 0.4) is 0 Å². The molecule has 0 atom stereocenters. The monoisotopic (exact) mass is 313 g/mol. The van der Waals surface area contributed by atoms with Crippen molar-refractivity contribution in [3.8, 4) is 0 Å². The Morgan fingerprint density at radius 3 is 2.81 bits per heavy atom. The number of nitrogens with zero attached hydrogens (tertiary/aromatic N) is 1. The van der Waals surface area contributed by atoms with E-state index < -0.39 is 18.0 Å². The molecule has 1 heterocycles. The van der Waals surface area contributed by atoms with Crippen LogP contribution in [0.5, 0.6) is 0 Å². The van der Waals surface area contributed by atoms with Gasteiger partial charge in [0.25, 0.3) is 6.43 Å². The van der Waals surface area contributed by atoms with E-state index in [2.05, 4.69) is 25.7 Å². The first-order chi connectivity index (χ1) is 7.45. The molecule has 1 aromatic heterocycles. The van der Waals surface area contributed by atoms with E-state index in [0.717, 1.165) is 6.07 Å². The van der Waals surface area contributed by atoms with Crippen LogP contribution >= 0.6 is 27.5 Å². The summed E-state index contributed by atoms with van der Waals surface area (Å²) in [6, 6.07) is 1.14. The van der Waals surface area contributed by atoms with Gasteiger partial charge in [-0.3, -0.25) is 4.79 Å². The Hall–Kier alpha value is -0.750. The molecule has 1 aromatic rings. The number of pyridine rings is 1. The second-order valence-corrected chi connectivity index (χ2v) is 3.98. The zero-order valence-corrected chi connectivity index (χ0v) is 10.5. The van der Waals surface area contributed by atoms with Gasteiger partial charge < -0.3 is 4.74 Å². The standard InChI is InChI=1S/C9H7BrClF2NO2/c1-16-6(15)3-4-2-5(9(12)13)8(11)14-7(4)10/h2,9H,3H2,1H3. The van der Waals surface area contributed by atoms with Crippen molar-refractivity contribution in [2.24, 2.45) is 0 Å². The van der Waals surface area contributed by atoms with Gasteiger partial charge in [-0.25, -0.2) is 13.8 Å². The molecule has 3 nitrogen and oxygen atoms in total. The molecular formula is C9H7BrClF2NO2. The number of carbonyl (C=O) groups excluding carboxylic acids is 1. The molecule has 1 rings (SSSR count). The van der Waals surface area contributed by atoms with E-state index >= 15 is 0 Å². The van der Waals surface area contributed by atoms with Crippen molar-refractivity contribution in [2.75, 3.05) is 7.11 Å². The van der Waals surface area contributed by atoms with Crippen LogP contribution in [0.1, 0.15) is 17.6 Å². The lowest BCUT2D eigenvalue weighted by atomic mass is 10.1. The molecule has 0 N–H and O–H groups in total. The van der Waals surface area contributed by atoms with Crippen LogP contribution in [-0.4, -0.2) is 18.1 Å². The fourth-order valence-corrected chi connectivity index (χ4v) is 1.79. The van der Waals surface area contributed by atoms with Gasteiger partial charge in [-0.15, -0.1) is 0 Å². The third-order valence-corrected chi connectivity index (χ3v) is 2.82. The average Bonchev–Trinajstić information content (AvgIpc) is 2.21. The van der Waals surface area contributed by atoms with Gasteiger partial charge in [0.2, 0.25) is 0 Å². The Labute approximate surface area is 104 Å². The number of aromatic nitrogens is 1. The van der Waals surface area contributed by atoms with Gasteiger partial charge in [-0.2, -0.15) is 0 Å². The molecule has 0 radical (unpaired) electrons. The topological polar surface area (TPSA) is 39.2 Å². The first-order valence-electron chi connectivity index (χ1n) is 4.15. The largest absolute Gasteiger partial charge is 0.469 e. The van der Waals surface area contributed by atoms with Crippen molar-refractivity contribution in [3.63, 3.8) is 0 Å². The van der Waals surface area contributed by atoms with Gasteiger partial charge in [0.1, 0.15) is 9.76 Å². The predicted octanol–water partition coefficient (Wildman–Crippen LogP) is 3.15. The van der Waals surface area contributed by atoms with Gasteiger partial charge in [-0.1, -0.05) is 11.6 Å². The quantitative estimate of drug-likeness (QED) is 0.635. The van der Waals surface area contributed by atoms with Gasteiger partial charge in [0.15, 0.2) is 0 Å². The summed E-state index contributed by atoms with van der Waals surface area (Å²) in [4.78, 5) is 14.7. The summed E-state index contributed by atoms with van der Waals surface area (Å²) in [6.07, 6.45) is -2.87. The number of halogens is 4. The summed E-state index contributed by atoms with van der Waals surface area (Å²) in [6.45, 7) is 0. The number of esters is 1. The zero-order valence-electron chi connectivity index (χ0n) is 8.14. The highest BCUT2D eigenvalue weighted by Gasteiger charge is 2.17. The van der Waals surface area contributed by atoms with Crippen molar-refractivity contribution in [2.45, 2.75) is 12.8 Å². The molecule has 0 aliphatic carbocycles. The average molecular weight is 315 g/mol. The molecular weight excluding hydrogens is 307 g/mol. The molecule has 0 aliphatic heterocycles. The third-order valence-electron chi connectivity index (χ3n) is 1.83. The summed E-state index contributed by atoms with van der Waals surface area (Å²) in [7, 11) is 1.22. The first-order valence-corrected chi connectivity index (χ1v) is 5.32. The Kier molecular flexibility index (Phi) is 4.61. The Morgan fingerprint density at radius 1 is 1.69 bits per heavy atom. The number of hydrogen-bond donors (Lipinski definition) is 0. The fraction of sp³-hybridized carbons (Fsp3) is 0.333. The van der Waals surface area contributed by atoms with Gasteiger partial charge >= 0.3 is 5.97 Å². The van der Waals surface area contributed by atoms with E-state index in [9.17, 15) is 13.6 Å². The molecule has 0 bridgehead atoms. The second-order valence-electron chi connectivity index (χ2n) is 2.87. The van der Waals surface area contributed by atoms with Crippen LogP contribution in [0, 0.1) is 0 Å². The molecule has 88 valence electrons. The highest BCUT2D eigenvalue weighted by Crippen LogP contribution is 2.29. The van der Waals surface area contributed by atoms with E-state index in [0.29, 0.717) is 5.56 Å². The number of methoxy groups -OCH3 is 1. The third kappa shape index (κ3) is 3.12. The maximum absolute atomic E-state index is 12.5. The van der Waals surface area contributed by atoms with Crippen LogP contribution < -0.4 is 0 Å². The number of alkyl halides is 2. The van der Waals surface area contributed by atoms with Crippen LogP contribution in [-0.2, 0) is 16.0 Å². The van der Waals surface area contributed by atoms with Crippen molar-refractivity contribution >= 4 is 33.5 Å². The molecule has 0 aromatic carbocycles. The number of ether oxygens (including phenoxy) is 1. The Morgan fingerprint density at radius 2 is 2.31 bits per heavy atom. The van der Waals surface area contributed by atoms with Crippen molar-refractivity contribution in [1.82, 2.24) is 4.98 Å². The minimum Gasteiger partial charge on any atom is -0.469 e. The summed E-state index contributed by atoms with van der Waals surface area (Å²) in [5.74, 6) is -0.537. The number of carbonyl (C=O) groups is 1. The highest BCUT2D eigenvalue weighted by molar-refractivity contribution is 9.10. The first kappa shape index (κ1) is 13.3. The van der Waals surface area contributed by atoms with Crippen LogP contribution in [0.2, 0.25) is 5.15 Å². The van der Waals surface area contributed by atoms with E-state index in [-0.39, 0.29) is 16.2 Å². The van der Waals surface area contributed by atoms with E-state index in [1.54, 1.807) is 0 Å². The molecule has 0 amide bonds. The summed E-state index contributed by atoms with van der Waals surface area (Å²) in [5.41, 5.74) is -0.0877. The van der Waals surface area contributed by atoms with E-state index in [4.69, 9.17) is 11.6 Å². The molecule has 0 saturated carbocycles. The maximum atomic E-state index is 12.5. The fourth-order valence-electron chi connectivity index (χ4n) is 1.03. The molecule has 0 saturated heterocycles. The SMILES string of the molecule is COC(=O)Cc1cc(C(F)F)c(Cl)nc1Br. The predicted molar refractivity (Wildman–Crippen MR) is 57.6 cm³/mol. The second kappa shape index (κ2) is 5.54. The minimum atomic E-state index is -2.73. The zero-order chi connectivity index (χ0) is 12.3. The number of hydrogen-bond acceptors (Lipinski definition) is 3. The summed E-state index contributed by atoms with van der Waals surface area (Å²) < 4.78 is 29.7. The van der Waals surface area contributed by atoms with Crippen LogP contribution in [0.4, 0.5) is 8.78 Å². The molecule has 0 spiro atoms. The Bertz CT molecular complexity index is 415. The summed E-state index contributed by atoms with van der Waals surface area (Å²) >= 11 is 8.57. The number of rotatable bonds is 3. The normalized spacial score (nSPS) is 10.6. The van der Waals surface area contributed by atoms with Gasteiger partial charge in [-0.05, 0) is 27.6 Å². The van der Waals surface area contributed by atoms with E-state index in [1.807, 2.05) is 0 Å². The lowest BCUT2D eigenvalue weighted by Crippen LogP contribution is -2.07. The molecule has 16 heavy (non-hydrogen) atoms. The minimum absolute atomic E-state index is 0.138. The van der Waals surface area contributed by atoms with Gasteiger partial charge in [0.05, 0.1) is 19.1 Å². The van der Waals surface area contributed by atoms with E-state index in [1.165, 1.54) is 7.11 Å². The molecule has 0 aliphatic rings.